The van der Waals surface area contributed by atoms with Gasteiger partial charge in [-0.25, -0.2) is 4.98 Å². The number of aromatic nitrogens is 4. The van der Waals surface area contributed by atoms with Crippen molar-refractivity contribution in [3.8, 4) is 6.01 Å². The van der Waals surface area contributed by atoms with E-state index in [9.17, 15) is 0 Å². The Bertz CT molecular complexity index is 569. The standard InChI is InChI=1S/C12H18N6OS/c1-7(2)19-11-16-9(13)15-10(17-11)18-12(3,4)8-14-5-6-20-8/h5-7H,1-4H3,(H3,13,15,16,17,18). The molecule has 108 valence electrons. The van der Waals surface area contributed by atoms with Crippen LogP contribution in [0.3, 0.4) is 0 Å². The van der Waals surface area contributed by atoms with Gasteiger partial charge in [-0.05, 0) is 27.7 Å². The second-order valence-electron chi connectivity index (χ2n) is 5.05. The fourth-order valence-electron chi connectivity index (χ4n) is 1.56. The average Bonchev–Trinajstić information content (AvgIpc) is 2.79. The fraction of sp³-hybridized carbons (Fsp3) is 0.500. The molecule has 0 fully saturated rings. The maximum atomic E-state index is 5.68. The van der Waals surface area contributed by atoms with Gasteiger partial charge in [0.05, 0.1) is 11.6 Å². The molecule has 0 amide bonds. The Morgan fingerprint density at radius 1 is 1.30 bits per heavy atom. The predicted molar refractivity (Wildman–Crippen MR) is 78.8 cm³/mol. The summed E-state index contributed by atoms with van der Waals surface area (Å²) < 4.78 is 5.45. The maximum Gasteiger partial charge on any atom is 0.323 e. The van der Waals surface area contributed by atoms with E-state index in [0.717, 1.165) is 5.01 Å². The van der Waals surface area contributed by atoms with Gasteiger partial charge < -0.3 is 15.8 Å². The molecule has 8 heteroatoms. The van der Waals surface area contributed by atoms with E-state index in [1.165, 1.54) is 0 Å². The van der Waals surface area contributed by atoms with Crippen LogP contribution in [-0.2, 0) is 5.54 Å². The minimum absolute atomic E-state index is 0.0309. The van der Waals surface area contributed by atoms with Crippen LogP contribution < -0.4 is 15.8 Å². The molecule has 2 aromatic rings. The van der Waals surface area contributed by atoms with Crippen LogP contribution in [0.5, 0.6) is 6.01 Å². The van der Waals surface area contributed by atoms with Crippen molar-refractivity contribution in [1.82, 2.24) is 19.9 Å². The molecule has 7 nitrogen and oxygen atoms in total. The van der Waals surface area contributed by atoms with Crippen molar-refractivity contribution in [2.75, 3.05) is 11.1 Å². The first-order valence-electron chi connectivity index (χ1n) is 6.23. The highest BCUT2D eigenvalue weighted by atomic mass is 32.1. The van der Waals surface area contributed by atoms with Gasteiger partial charge in [-0.1, -0.05) is 0 Å². The summed E-state index contributed by atoms with van der Waals surface area (Å²) in [5.74, 6) is 0.487. The van der Waals surface area contributed by atoms with E-state index >= 15 is 0 Å². The second-order valence-corrected chi connectivity index (χ2v) is 5.95. The molecule has 0 bridgehead atoms. The molecule has 2 aromatic heterocycles. The van der Waals surface area contributed by atoms with Gasteiger partial charge in [0.2, 0.25) is 11.9 Å². The van der Waals surface area contributed by atoms with Crippen LogP contribution in [0.2, 0.25) is 0 Å². The van der Waals surface area contributed by atoms with E-state index in [-0.39, 0.29) is 18.1 Å². The number of nitrogens with two attached hydrogens (primary N) is 1. The van der Waals surface area contributed by atoms with Gasteiger partial charge in [-0.3, -0.25) is 0 Å². The largest absolute Gasteiger partial charge is 0.461 e. The van der Waals surface area contributed by atoms with Crippen molar-refractivity contribution < 1.29 is 4.74 Å². The summed E-state index contributed by atoms with van der Waals surface area (Å²) in [6.45, 7) is 7.78. The first kappa shape index (κ1) is 14.4. The van der Waals surface area contributed by atoms with E-state index in [2.05, 4.69) is 25.3 Å². The maximum absolute atomic E-state index is 5.68. The highest BCUT2D eigenvalue weighted by molar-refractivity contribution is 7.09. The zero-order valence-corrected chi connectivity index (χ0v) is 12.7. The van der Waals surface area contributed by atoms with Crippen molar-refractivity contribution in [2.45, 2.75) is 39.3 Å². The molecular formula is C12H18N6OS. The molecule has 0 saturated heterocycles. The van der Waals surface area contributed by atoms with Crippen LogP contribution in [0.25, 0.3) is 0 Å². The van der Waals surface area contributed by atoms with Crippen LogP contribution in [0.4, 0.5) is 11.9 Å². The Morgan fingerprint density at radius 2 is 2.05 bits per heavy atom. The smallest absolute Gasteiger partial charge is 0.323 e. The predicted octanol–water partition coefficient (Wildman–Crippen LogP) is 2.04. The van der Waals surface area contributed by atoms with Crippen LogP contribution >= 0.6 is 11.3 Å². The summed E-state index contributed by atoms with van der Waals surface area (Å²) in [4.78, 5) is 16.5. The van der Waals surface area contributed by atoms with Crippen LogP contribution in [0, 0.1) is 0 Å². The molecule has 0 atom stereocenters. The van der Waals surface area contributed by atoms with Gasteiger partial charge in [0, 0.05) is 11.6 Å². The van der Waals surface area contributed by atoms with E-state index in [4.69, 9.17) is 10.5 Å². The van der Waals surface area contributed by atoms with Crippen LogP contribution in [0.1, 0.15) is 32.7 Å². The monoisotopic (exact) mass is 294 g/mol. The number of thiazole rings is 1. The van der Waals surface area contributed by atoms with Crippen LogP contribution in [-0.4, -0.2) is 26.0 Å². The van der Waals surface area contributed by atoms with Gasteiger partial charge in [0.15, 0.2) is 0 Å². The highest BCUT2D eigenvalue weighted by Crippen LogP contribution is 2.26. The van der Waals surface area contributed by atoms with E-state index in [1.807, 2.05) is 33.1 Å². The molecular weight excluding hydrogens is 276 g/mol. The fourth-order valence-corrected chi connectivity index (χ4v) is 2.27. The molecule has 0 spiro atoms. The topological polar surface area (TPSA) is 98.8 Å². The normalized spacial score (nSPS) is 11.7. The Kier molecular flexibility index (Phi) is 4.03. The summed E-state index contributed by atoms with van der Waals surface area (Å²) >= 11 is 1.56. The zero-order valence-electron chi connectivity index (χ0n) is 11.9. The van der Waals surface area contributed by atoms with Crippen LogP contribution in [0.15, 0.2) is 11.6 Å². The summed E-state index contributed by atoms with van der Waals surface area (Å²) in [5.41, 5.74) is 5.27. The average molecular weight is 294 g/mol. The molecule has 0 radical (unpaired) electrons. The zero-order chi connectivity index (χ0) is 14.8. The SMILES string of the molecule is CC(C)Oc1nc(N)nc(NC(C)(C)c2nccs2)n1. The lowest BCUT2D eigenvalue weighted by Gasteiger charge is -2.23. The minimum atomic E-state index is -0.406. The molecule has 2 rings (SSSR count). The molecule has 0 aliphatic carbocycles. The summed E-state index contributed by atoms with van der Waals surface area (Å²) in [7, 11) is 0. The number of hydrogen-bond acceptors (Lipinski definition) is 8. The summed E-state index contributed by atoms with van der Waals surface area (Å²) in [6.07, 6.45) is 1.73. The van der Waals surface area contributed by atoms with E-state index < -0.39 is 5.54 Å². The molecule has 20 heavy (non-hydrogen) atoms. The molecule has 0 aliphatic rings. The summed E-state index contributed by atoms with van der Waals surface area (Å²) in [6, 6.07) is 0.213. The molecule has 2 heterocycles. The number of hydrogen-bond donors (Lipinski definition) is 2. The van der Waals surface area contributed by atoms with Gasteiger partial charge >= 0.3 is 6.01 Å². The molecule has 0 aliphatic heterocycles. The third-order valence-electron chi connectivity index (χ3n) is 2.36. The quantitative estimate of drug-likeness (QED) is 0.870. The summed E-state index contributed by atoms with van der Waals surface area (Å²) in [5, 5.41) is 6.06. The Hall–Kier alpha value is -1.96. The van der Waals surface area contributed by atoms with Gasteiger partial charge in [-0.2, -0.15) is 15.0 Å². The lowest BCUT2D eigenvalue weighted by atomic mass is 10.1. The number of ether oxygens (including phenoxy) is 1. The molecule has 0 unspecified atom stereocenters. The van der Waals surface area contributed by atoms with Crippen molar-refractivity contribution in [1.29, 1.82) is 0 Å². The van der Waals surface area contributed by atoms with E-state index in [0.29, 0.717) is 5.95 Å². The lowest BCUT2D eigenvalue weighted by Crippen LogP contribution is -2.29. The molecule has 0 aromatic carbocycles. The first-order chi connectivity index (χ1) is 9.37. The molecule has 0 saturated carbocycles. The second kappa shape index (κ2) is 5.58. The Labute approximate surface area is 121 Å². The number of nitrogens with zero attached hydrogens (tertiary/aromatic N) is 4. The molecule has 3 N–H and O–H groups in total. The third-order valence-corrected chi connectivity index (χ3v) is 3.46. The Morgan fingerprint density at radius 3 is 2.65 bits per heavy atom. The highest BCUT2D eigenvalue weighted by Gasteiger charge is 2.24. The number of nitrogens with one attached hydrogen (secondary N) is 1. The van der Waals surface area contributed by atoms with E-state index in [1.54, 1.807) is 17.5 Å². The van der Waals surface area contributed by atoms with Gasteiger partial charge in [0.25, 0.3) is 0 Å². The van der Waals surface area contributed by atoms with Crippen molar-refractivity contribution in [3.63, 3.8) is 0 Å². The van der Waals surface area contributed by atoms with Crippen molar-refractivity contribution in [2.24, 2.45) is 0 Å². The van der Waals surface area contributed by atoms with Crippen molar-refractivity contribution >= 4 is 23.2 Å². The van der Waals surface area contributed by atoms with Crippen molar-refractivity contribution in [3.05, 3.63) is 16.6 Å². The Balaban J connectivity index is 2.23. The first-order valence-corrected chi connectivity index (χ1v) is 7.11. The number of nitrogen functional groups attached to an aromatic ring is 1. The number of anilines is 2. The number of rotatable bonds is 5. The third kappa shape index (κ3) is 3.53. The van der Waals surface area contributed by atoms with Gasteiger partial charge in [-0.15, -0.1) is 11.3 Å². The van der Waals surface area contributed by atoms with Gasteiger partial charge in [0.1, 0.15) is 5.01 Å². The lowest BCUT2D eigenvalue weighted by molar-refractivity contribution is 0.222. The minimum Gasteiger partial charge on any atom is -0.461 e.